The first-order chi connectivity index (χ1) is 10.9. The van der Waals surface area contributed by atoms with E-state index < -0.39 is 11.2 Å². The van der Waals surface area contributed by atoms with E-state index in [2.05, 4.69) is 9.98 Å². The molecule has 5 heteroatoms. The zero-order chi connectivity index (χ0) is 21.8. The summed E-state index contributed by atoms with van der Waals surface area (Å²) in [5.41, 5.74) is -3.09. The van der Waals surface area contributed by atoms with Crippen LogP contribution in [-0.4, -0.2) is 34.7 Å². The SMILES string of the molecule is CC(C)(C)N=CC(C)([O-])C(C)(C)C.CC(C)(C)N=CC(C)([O-])C(C)(C)C.[Fe+2]. The van der Waals surface area contributed by atoms with Gasteiger partial charge in [0.05, 0.1) is 11.1 Å². The van der Waals surface area contributed by atoms with E-state index in [1.807, 2.05) is 83.1 Å². The number of hydrogen-bond donors (Lipinski definition) is 0. The fraction of sp³-hybridized carbons (Fsp3) is 0.909. The zero-order valence-corrected chi connectivity index (χ0v) is 21.3. The van der Waals surface area contributed by atoms with Crippen molar-refractivity contribution in [1.82, 2.24) is 0 Å². The third-order valence-corrected chi connectivity index (χ3v) is 4.37. The number of rotatable bonds is 2. The molecule has 0 saturated heterocycles. The van der Waals surface area contributed by atoms with Gasteiger partial charge < -0.3 is 10.2 Å². The second-order valence-corrected chi connectivity index (χ2v) is 11.6. The van der Waals surface area contributed by atoms with Gasteiger partial charge in [0.2, 0.25) is 0 Å². The van der Waals surface area contributed by atoms with E-state index in [1.54, 1.807) is 26.3 Å². The fourth-order valence-electron chi connectivity index (χ4n) is 1.02. The minimum atomic E-state index is -1.10. The summed E-state index contributed by atoms with van der Waals surface area (Å²) in [7, 11) is 0. The first-order valence-electron chi connectivity index (χ1n) is 9.45. The molecule has 2 atom stereocenters. The van der Waals surface area contributed by atoms with Gasteiger partial charge in [-0.3, -0.25) is 9.98 Å². The number of aliphatic imine (C=N–C) groups is 2. The van der Waals surface area contributed by atoms with Crippen LogP contribution in [0.1, 0.15) is 96.9 Å². The van der Waals surface area contributed by atoms with Crippen molar-refractivity contribution in [2.75, 3.05) is 0 Å². The maximum absolute atomic E-state index is 12.0. The standard InChI is InChI=1S/2C11H22NO.Fe/c2*1-9(2,3)11(7,13)8-12-10(4,5)6;/h2*8H,1-7H3;/q2*-1;+2. The van der Waals surface area contributed by atoms with Gasteiger partial charge in [-0.1, -0.05) is 66.6 Å². The van der Waals surface area contributed by atoms with Crippen LogP contribution in [0.25, 0.3) is 0 Å². The minimum Gasteiger partial charge on any atom is -0.845 e. The van der Waals surface area contributed by atoms with E-state index in [4.69, 9.17) is 0 Å². The average Bonchev–Trinajstić information content (AvgIpc) is 2.31. The topological polar surface area (TPSA) is 70.8 Å². The smallest absolute Gasteiger partial charge is 0.845 e. The summed E-state index contributed by atoms with van der Waals surface area (Å²) in [6, 6.07) is 0. The molecular weight excluding hydrogens is 380 g/mol. The Morgan fingerprint density at radius 3 is 0.778 bits per heavy atom. The molecule has 4 nitrogen and oxygen atoms in total. The van der Waals surface area contributed by atoms with Crippen molar-refractivity contribution in [3.63, 3.8) is 0 Å². The Kier molecular flexibility index (Phi) is 11.7. The van der Waals surface area contributed by atoms with Crippen LogP contribution in [-0.2, 0) is 17.1 Å². The van der Waals surface area contributed by atoms with Crippen LogP contribution in [0.4, 0.5) is 0 Å². The molecule has 0 bridgehead atoms. The molecule has 0 aromatic heterocycles. The molecule has 0 aromatic carbocycles. The molecule has 0 heterocycles. The molecule has 0 fully saturated rings. The van der Waals surface area contributed by atoms with Gasteiger partial charge in [-0.2, -0.15) is 0 Å². The molecular formula is C22H44FeN2O2. The number of hydrogen-bond acceptors (Lipinski definition) is 4. The second kappa shape index (κ2) is 10.0. The van der Waals surface area contributed by atoms with Crippen LogP contribution < -0.4 is 10.2 Å². The Morgan fingerprint density at radius 2 is 0.667 bits per heavy atom. The van der Waals surface area contributed by atoms with E-state index in [0.29, 0.717) is 0 Å². The normalized spacial score (nSPS) is 18.4. The largest absolute Gasteiger partial charge is 2.00 e. The Hall–Kier alpha value is -0.221. The third kappa shape index (κ3) is 14.4. The minimum absolute atomic E-state index is 0. The van der Waals surface area contributed by atoms with E-state index in [-0.39, 0.29) is 39.0 Å². The summed E-state index contributed by atoms with van der Waals surface area (Å²) in [4.78, 5) is 8.51. The summed E-state index contributed by atoms with van der Waals surface area (Å²) in [6.07, 6.45) is 3.10. The first kappa shape index (κ1) is 31.5. The van der Waals surface area contributed by atoms with Gasteiger partial charge >= 0.3 is 17.1 Å². The summed E-state index contributed by atoms with van der Waals surface area (Å²) < 4.78 is 0. The molecule has 0 aliphatic carbocycles. The Morgan fingerprint density at radius 1 is 0.481 bits per heavy atom. The van der Waals surface area contributed by atoms with Crippen molar-refractivity contribution < 1.29 is 27.3 Å². The van der Waals surface area contributed by atoms with E-state index in [1.165, 1.54) is 0 Å². The van der Waals surface area contributed by atoms with Gasteiger partial charge in [0.1, 0.15) is 0 Å². The summed E-state index contributed by atoms with van der Waals surface area (Å²) in [5, 5.41) is 24.0. The van der Waals surface area contributed by atoms with Gasteiger partial charge in [-0.25, -0.2) is 0 Å². The molecule has 0 aliphatic heterocycles. The monoisotopic (exact) mass is 424 g/mol. The van der Waals surface area contributed by atoms with E-state index in [9.17, 15) is 10.2 Å². The van der Waals surface area contributed by atoms with E-state index >= 15 is 0 Å². The second-order valence-electron chi connectivity index (χ2n) is 11.6. The Labute approximate surface area is 179 Å². The van der Waals surface area contributed by atoms with Gasteiger partial charge in [0, 0.05) is 0 Å². The van der Waals surface area contributed by atoms with Crippen molar-refractivity contribution in [2.24, 2.45) is 20.8 Å². The van der Waals surface area contributed by atoms with Gasteiger partial charge in [0.15, 0.2) is 0 Å². The molecule has 0 N–H and O–H groups in total. The summed E-state index contributed by atoms with van der Waals surface area (Å²) in [5.74, 6) is 0. The van der Waals surface area contributed by atoms with E-state index in [0.717, 1.165) is 0 Å². The fourth-order valence-corrected chi connectivity index (χ4v) is 1.02. The molecule has 2 unspecified atom stereocenters. The van der Waals surface area contributed by atoms with Crippen molar-refractivity contribution in [2.45, 2.75) is 119 Å². The van der Waals surface area contributed by atoms with Crippen molar-refractivity contribution in [3.8, 4) is 0 Å². The predicted octanol–water partition coefficient (Wildman–Crippen LogP) is 4.04. The third-order valence-electron chi connectivity index (χ3n) is 4.37. The van der Waals surface area contributed by atoms with Gasteiger partial charge in [0.25, 0.3) is 0 Å². The maximum atomic E-state index is 12.0. The molecule has 0 aliphatic rings. The average molecular weight is 424 g/mol. The van der Waals surface area contributed by atoms with Crippen LogP contribution in [0.15, 0.2) is 9.98 Å². The van der Waals surface area contributed by atoms with Gasteiger partial charge in [-0.15, -0.1) is 0 Å². The predicted molar refractivity (Wildman–Crippen MR) is 112 cm³/mol. The van der Waals surface area contributed by atoms with Crippen LogP contribution in [0.2, 0.25) is 0 Å². The Balaban J connectivity index is -0.000000411. The molecule has 0 saturated carbocycles. The molecule has 27 heavy (non-hydrogen) atoms. The molecule has 0 rings (SSSR count). The van der Waals surface area contributed by atoms with Crippen LogP contribution >= 0.6 is 0 Å². The zero-order valence-electron chi connectivity index (χ0n) is 20.2. The number of nitrogens with zero attached hydrogens (tertiary/aromatic N) is 2. The van der Waals surface area contributed by atoms with Crippen LogP contribution in [0.5, 0.6) is 0 Å². The van der Waals surface area contributed by atoms with Crippen molar-refractivity contribution in [3.05, 3.63) is 0 Å². The molecule has 0 radical (unpaired) electrons. The van der Waals surface area contributed by atoms with Crippen molar-refractivity contribution in [1.29, 1.82) is 0 Å². The maximum Gasteiger partial charge on any atom is 2.00 e. The first-order valence-corrected chi connectivity index (χ1v) is 9.45. The Bertz CT molecular complexity index is 434. The van der Waals surface area contributed by atoms with Crippen LogP contribution in [0, 0.1) is 10.8 Å². The molecule has 0 aromatic rings. The molecule has 162 valence electrons. The van der Waals surface area contributed by atoms with Gasteiger partial charge in [-0.05, 0) is 64.8 Å². The summed E-state index contributed by atoms with van der Waals surface area (Å²) in [6.45, 7) is 26.9. The molecule has 0 spiro atoms. The van der Waals surface area contributed by atoms with Crippen molar-refractivity contribution >= 4 is 12.4 Å². The van der Waals surface area contributed by atoms with Crippen LogP contribution in [0.3, 0.4) is 0 Å². The quantitative estimate of drug-likeness (QED) is 0.496. The molecule has 0 amide bonds. The summed E-state index contributed by atoms with van der Waals surface area (Å²) >= 11 is 0.